The van der Waals surface area contributed by atoms with E-state index in [0.717, 1.165) is 17.3 Å². The summed E-state index contributed by atoms with van der Waals surface area (Å²) < 4.78 is 1.61. The van der Waals surface area contributed by atoms with Crippen molar-refractivity contribution in [3.05, 3.63) is 48.6 Å². The Bertz CT molecular complexity index is 518. The zero-order valence-electron chi connectivity index (χ0n) is 8.32. The van der Waals surface area contributed by atoms with Crippen molar-refractivity contribution in [2.24, 2.45) is 0 Å². The van der Waals surface area contributed by atoms with Crippen LogP contribution < -0.4 is 0 Å². The molecule has 0 fully saturated rings. The Morgan fingerprint density at radius 2 is 2.31 bits per heavy atom. The Morgan fingerprint density at radius 3 is 3.00 bits per heavy atom. The summed E-state index contributed by atoms with van der Waals surface area (Å²) in [6.45, 7) is 0. The first-order chi connectivity index (χ1) is 7.75. The average molecular weight is 215 g/mol. The number of hydrogen-bond acceptors (Lipinski definition) is 3. The maximum atomic E-state index is 10.4. The van der Waals surface area contributed by atoms with Crippen molar-refractivity contribution in [2.75, 3.05) is 0 Å². The Balaban J connectivity index is 2.30. The molecule has 0 aliphatic heterocycles. The van der Waals surface area contributed by atoms with Gasteiger partial charge in [-0.05, 0) is 23.8 Å². The summed E-state index contributed by atoms with van der Waals surface area (Å²) in [4.78, 5) is 14.2. The quantitative estimate of drug-likeness (QED) is 0.785. The van der Waals surface area contributed by atoms with Gasteiger partial charge in [0, 0.05) is 6.08 Å². The molecule has 0 unspecified atom stereocenters. The second kappa shape index (κ2) is 4.39. The maximum absolute atomic E-state index is 10.4. The number of aromatic nitrogens is 3. The summed E-state index contributed by atoms with van der Waals surface area (Å²) in [6, 6.07) is 7.35. The molecule has 16 heavy (non-hydrogen) atoms. The molecule has 1 heterocycles. The molecule has 1 N–H and O–H groups in total. The van der Waals surface area contributed by atoms with Crippen LogP contribution in [-0.4, -0.2) is 25.8 Å². The monoisotopic (exact) mass is 215 g/mol. The third kappa shape index (κ3) is 2.33. The molecule has 0 bridgehead atoms. The minimum absolute atomic E-state index is 0.801. The molecule has 0 saturated heterocycles. The Hall–Kier alpha value is -2.43. The van der Waals surface area contributed by atoms with E-state index < -0.39 is 5.97 Å². The van der Waals surface area contributed by atoms with Crippen LogP contribution >= 0.6 is 0 Å². The van der Waals surface area contributed by atoms with E-state index in [-0.39, 0.29) is 0 Å². The van der Waals surface area contributed by atoms with Crippen LogP contribution in [0.1, 0.15) is 5.56 Å². The van der Waals surface area contributed by atoms with Crippen molar-refractivity contribution in [3.63, 3.8) is 0 Å². The lowest BCUT2D eigenvalue weighted by Gasteiger charge is -2.00. The van der Waals surface area contributed by atoms with Crippen molar-refractivity contribution in [1.82, 2.24) is 14.8 Å². The standard InChI is InChI=1S/C11H9N3O2/c15-11(16)5-4-9-2-1-3-10(6-9)14-8-12-7-13-14/h1-8H,(H,15,16)/b5-4+. The van der Waals surface area contributed by atoms with Gasteiger partial charge in [0.1, 0.15) is 12.7 Å². The highest BCUT2D eigenvalue weighted by atomic mass is 16.4. The van der Waals surface area contributed by atoms with E-state index in [2.05, 4.69) is 10.1 Å². The number of hydrogen-bond donors (Lipinski definition) is 1. The van der Waals surface area contributed by atoms with E-state index >= 15 is 0 Å². The molecule has 0 radical (unpaired) electrons. The smallest absolute Gasteiger partial charge is 0.328 e. The molecule has 2 rings (SSSR count). The van der Waals surface area contributed by atoms with Gasteiger partial charge >= 0.3 is 5.97 Å². The highest BCUT2D eigenvalue weighted by Crippen LogP contribution is 2.10. The first-order valence-electron chi connectivity index (χ1n) is 4.62. The van der Waals surface area contributed by atoms with E-state index in [4.69, 9.17) is 5.11 Å². The normalized spacial score (nSPS) is 10.8. The first kappa shape index (κ1) is 10.1. The summed E-state index contributed by atoms with van der Waals surface area (Å²) in [5.74, 6) is -0.967. The largest absolute Gasteiger partial charge is 0.478 e. The molecule has 0 spiro atoms. The van der Waals surface area contributed by atoms with Gasteiger partial charge in [-0.1, -0.05) is 12.1 Å². The average Bonchev–Trinajstić information content (AvgIpc) is 2.80. The summed E-state index contributed by atoms with van der Waals surface area (Å²) in [6.07, 6.45) is 5.66. The lowest BCUT2D eigenvalue weighted by molar-refractivity contribution is -0.131. The zero-order valence-corrected chi connectivity index (χ0v) is 8.32. The van der Waals surface area contributed by atoms with Crippen LogP contribution in [0.15, 0.2) is 43.0 Å². The fourth-order valence-corrected chi connectivity index (χ4v) is 1.28. The Morgan fingerprint density at radius 1 is 1.44 bits per heavy atom. The predicted octanol–water partition coefficient (Wildman–Crippen LogP) is 1.37. The van der Waals surface area contributed by atoms with Crippen LogP contribution in [0.5, 0.6) is 0 Å². The van der Waals surface area contributed by atoms with E-state index in [9.17, 15) is 4.79 Å². The van der Waals surface area contributed by atoms with Crippen molar-refractivity contribution in [1.29, 1.82) is 0 Å². The van der Waals surface area contributed by atoms with E-state index in [1.807, 2.05) is 24.3 Å². The minimum Gasteiger partial charge on any atom is -0.478 e. The first-order valence-corrected chi connectivity index (χ1v) is 4.62. The van der Waals surface area contributed by atoms with Gasteiger partial charge in [0.05, 0.1) is 5.69 Å². The minimum atomic E-state index is -0.967. The molecule has 1 aromatic heterocycles. The molecule has 5 nitrogen and oxygen atoms in total. The fraction of sp³-hybridized carbons (Fsp3) is 0. The number of carboxylic acid groups (broad SMARTS) is 1. The van der Waals surface area contributed by atoms with Crippen molar-refractivity contribution < 1.29 is 9.90 Å². The van der Waals surface area contributed by atoms with Gasteiger partial charge in [-0.3, -0.25) is 0 Å². The molecule has 2 aromatic rings. The van der Waals surface area contributed by atoms with Crippen LogP contribution in [0.2, 0.25) is 0 Å². The molecule has 0 saturated carbocycles. The molecular formula is C11H9N3O2. The molecule has 1 aromatic carbocycles. The number of carbonyl (C=O) groups is 1. The number of aliphatic carboxylic acids is 1. The number of nitrogens with zero attached hydrogens (tertiary/aromatic N) is 3. The number of benzene rings is 1. The van der Waals surface area contributed by atoms with Gasteiger partial charge < -0.3 is 5.11 Å². The van der Waals surface area contributed by atoms with Crippen molar-refractivity contribution in [2.45, 2.75) is 0 Å². The molecule has 5 heteroatoms. The molecule has 0 aliphatic rings. The third-order valence-corrected chi connectivity index (χ3v) is 1.97. The van der Waals surface area contributed by atoms with Crippen LogP contribution in [-0.2, 0) is 4.79 Å². The summed E-state index contributed by atoms with van der Waals surface area (Å²) in [5.41, 5.74) is 1.64. The second-order valence-corrected chi connectivity index (χ2v) is 3.11. The zero-order chi connectivity index (χ0) is 11.4. The summed E-state index contributed by atoms with van der Waals surface area (Å²) in [5, 5.41) is 12.5. The number of rotatable bonds is 3. The van der Waals surface area contributed by atoms with Crippen LogP contribution in [0, 0.1) is 0 Å². The van der Waals surface area contributed by atoms with Gasteiger partial charge in [-0.2, -0.15) is 5.10 Å². The van der Waals surface area contributed by atoms with Crippen LogP contribution in [0.3, 0.4) is 0 Å². The Kier molecular flexibility index (Phi) is 2.77. The van der Waals surface area contributed by atoms with Crippen molar-refractivity contribution >= 4 is 12.0 Å². The highest BCUT2D eigenvalue weighted by molar-refractivity contribution is 5.85. The molecule has 0 amide bonds. The van der Waals surface area contributed by atoms with Crippen LogP contribution in [0.4, 0.5) is 0 Å². The SMILES string of the molecule is O=C(O)/C=C/c1cccc(-n2cncn2)c1. The van der Waals surface area contributed by atoms with Gasteiger partial charge in [-0.25, -0.2) is 14.5 Å². The predicted molar refractivity (Wildman–Crippen MR) is 58.0 cm³/mol. The molecule has 0 atom stereocenters. The van der Waals surface area contributed by atoms with E-state index in [0.29, 0.717) is 0 Å². The van der Waals surface area contributed by atoms with Gasteiger partial charge in [0.2, 0.25) is 0 Å². The molecule has 0 aliphatic carbocycles. The number of carboxylic acids is 1. The lowest BCUT2D eigenvalue weighted by Crippen LogP contribution is -1.94. The van der Waals surface area contributed by atoms with Gasteiger partial charge in [0.15, 0.2) is 0 Å². The molecular weight excluding hydrogens is 206 g/mol. The molecule has 80 valence electrons. The Labute approximate surface area is 91.7 Å². The lowest BCUT2D eigenvalue weighted by atomic mass is 10.2. The third-order valence-electron chi connectivity index (χ3n) is 1.97. The van der Waals surface area contributed by atoms with E-state index in [1.165, 1.54) is 12.4 Å². The van der Waals surface area contributed by atoms with E-state index in [1.54, 1.807) is 11.0 Å². The second-order valence-electron chi connectivity index (χ2n) is 3.11. The topological polar surface area (TPSA) is 68.0 Å². The van der Waals surface area contributed by atoms with Crippen molar-refractivity contribution in [3.8, 4) is 5.69 Å². The summed E-state index contributed by atoms with van der Waals surface area (Å²) in [7, 11) is 0. The maximum Gasteiger partial charge on any atom is 0.328 e. The highest BCUT2D eigenvalue weighted by Gasteiger charge is 1.97. The van der Waals surface area contributed by atoms with Gasteiger partial charge in [-0.15, -0.1) is 0 Å². The van der Waals surface area contributed by atoms with Crippen LogP contribution in [0.25, 0.3) is 11.8 Å². The summed E-state index contributed by atoms with van der Waals surface area (Å²) >= 11 is 0. The van der Waals surface area contributed by atoms with Gasteiger partial charge in [0.25, 0.3) is 0 Å². The fourth-order valence-electron chi connectivity index (χ4n) is 1.28.